The summed E-state index contributed by atoms with van der Waals surface area (Å²) >= 11 is 5.43. The van der Waals surface area contributed by atoms with Crippen LogP contribution in [0, 0.1) is 3.57 Å². The molecule has 3 N–H and O–H groups in total. The lowest BCUT2D eigenvalue weighted by Gasteiger charge is -1.87. The number of halogens is 2. The zero-order valence-corrected chi connectivity index (χ0v) is 8.23. The number of aromatic nitrogens is 2. The lowest BCUT2D eigenvalue weighted by atomic mass is 10.4. The minimum absolute atomic E-state index is 0.511. The van der Waals surface area contributed by atoms with Crippen LogP contribution in [0.4, 0.5) is 0 Å². The van der Waals surface area contributed by atoms with Gasteiger partial charge in [-0.1, -0.05) is 0 Å². The zero-order chi connectivity index (χ0) is 6.85. The Hall–Kier alpha value is 0.380. The highest BCUT2D eigenvalue weighted by molar-refractivity contribution is 14.1. The van der Waals surface area contributed by atoms with E-state index < -0.39 is 0 Å². The molecule has 0 bridgehead atoms. The summed E-state index contributed by atoms with van der Waals surface area (Å²) < 4.78 is 1.90. The highest BCUT2D eigenvalue weighted by Crippen LogP contribution is 2.18. The molecule has 0 saturated heterocycles. The van der Waals surface area contributed by atoms with Crippen molar-refractivity contribution in [3.63, 3.8) is 0 Å². The van der Waals surface area contributed by atoms with Gasteiger partial charge in [0.15, 0.2) is 0 Å². The Morgan fingerprint density at radius 2 is 2.44 bits per heavy atom. The van der Waals surface area contributed by atoms with E-state index in [0.29, 0.717) is 6.54 Å². The average Bonchev–Trinajstić information content (AvgIpc) is 2.15. The van der Waals surface area contributed by atoms with Gasteiger partial charge in [0.2, 0.25) is 0 Å². The van der Waals surface area contributed by atoms with Gasteiger partial charge >= 0.3 is 0 Å². The van der Waals surface area contributed by atoms with E-state index in [0.717, 1.165) is 13.9 Å². The van der Waals surface area contributed by atoms with Crippen LogP contribution < -0.4 is 5.73 Å². The van der Waals surface area contributed by atoms with Crippen LogP contribution in [0.5, 0.6) is 0 Å². The molecule has 0 unspecified atom stereocenters. The third-order valence-electron chi connectivity index (χ3n) is 0.939. The maximum absolute atomic E-state index is 5.37. The smallest absolute Gasteiger partial charge is 0.141 e. The molecule has 5 heteroatoms. The molecule has 1 heterocycles. The largest absolute Gasteiger partial charge is 0.325 e. The summed E-state index contributed by atoms with van der Waals surface area (Å²) in [5.41, 5.74) is 6.34. The van der Waals surface area contributed by atoms with Crippen LogP contribution >= 0.6 is 38.5 Å². The number of hydrogen-bond acceptors (Lipinski definition) is 2. The van der Waals surface area contributed by atoms with Crippen molar-refractivity contribution in [2.45, 2.75) is 6.54 Å². The second-order valence-electron chi connectivity index (χ2n) is 1.51. The molecule has 0 radical (unpaired) electrons. The number of nitrogens with zero attached hydrogens (tertiary/aromatic N) is 1. The van der Waals surface area contributed by atoms with Crippen molar-refractivity contribution in [2.75, 3.05) is 0 Å². The fourth-order valence-electron chi connectivity index (χ4n) is 0.474. The van der Waals surface area contributed by atoms with Gasteiger partial charge in [0, 0.05) is 6.54 Å². The van der Waals surface area contributed by atoms with E-state index in [1.54, 1.807) is 0 Å². The molecule has 1 aromatic heterocycles. The van der Waals surface area contributed by atoms with E-state index >= 15 is 0 Å². The van der Waals surface area contributed by atoms with Gasteiger partial charge in [-0.2, -0.15) is 5.10 Å². The summed E-state index contributed by atoms with van der Waals surface area (Å²) in [6, 6.07) is 0. The van der Waals surface area contributed by atoms with Crippen molar-refractivity contribution in [1.82, 2.24) is 10.2 Å². The van der Waals surface area contributed by atoms with Gasteiger partial charge in [-0.15, -0.1) is 0 Å². The van der Waals surface area contributed by atoms with Crippen molar-refractivity contribution < 1.29 is 0 Å². The topological polar surface area (TPSA) is 54.7 Å². The summed E-state index contributed by atoms with van der Waals surface area (Å²) in [5, 5.41) is 6.69. The molecule has 0 aliphatic rings. The van der Waals surface area contributed by atoms with Gasteiger partial charge in [0.25, 0.3) is 0 Å². The predicted octanol–water partition coefficient (Wildman–Crippen LogP) is 1.24. The molecule has 1 aromatic rings. The van der Waals surface area contributed by atoms with Gasteiger partial charge in [-0.3, -0.25) is 5.10 Å². The molecule has 0 aliphatic carbocycles. The molecule has 0 saturated carbocycles. The van der Waals surface area contributed by atoms with Crippen LogP contribution in [0.1, 0.15) is 5.69 Å². The highest BCUT2D eigenvalue weighted by Gasteiger charge is 2.04. The van der Waals surface area contributed by atoms with Crippen LogP contribution in [0.15, 0.2) is 4.60 Å². The third kappa shape index (κ3) is 1.44. The van der Waals surface area contributed by atoms with E-state index in [-0.39, 0.29) is 0 Å². The first kappa shape index (κ1) is 7.49. The van der Waals surface area contributed by atoms with Crippen LogP contribution in [0.3, 0.4) is 0 Å². The van der Waals surface area contributed by atoms with Gasteiger partial charge in [-0.25, -0.2) is 0 Å². The van der Waals surface area contributed by atoms with Gasteiger partial charge < -0.3 is 5.73 Å². The summed E-state index contributed by atoms with van der Waals surface area (Å²) in [4.78, 5) is 0. The minimum Gasteiger partial charge on any atom is -0.325 e. The molecule has 1 rings (SSSR count). The Labute approximate surface area is 74.7 Å². The van der Waals surface area contributed by atoms with E-state index in [9.17, 15) is 0 Å². The highest BCUT2D eigenvalue weighted by atomic mass is 127. The fraction of sp³-hybridized carbons (Fsp3) is 0.250. The fourth-order valence-corrected chi connectivity index (χ4v) is 1.26. The molecule has 50 valence electrons. The van der Waals surface area contributed by atoms with Crippen molar-refractivity contribution >= 4 is 38.5 Å². The molecule has 0 spiro atoms. The molecule has 3 nitrogen and oxygen atoms in total. The van der Waals surface area contributed by atoms with E-state index in [2.05, 4.69) is 48.7 Å². The van der Waals surface area contributed by atoms with Gasteiger partial charge in [0.1, 0.15) is 4.60 Å². The molecule has 0 atom stereocenters. The quantitative estimate of drug-likeness (QED) is 0.767. The van der Waals surface area contributed by atoms with Crippen molar-refractivity contribution in [2.24, 2.45) is 5.73 Å². The minimum atomic E-state index is 0.511. The Bertz CT molecular complexity index is 210. The Morgan fingerprint density at radius 3 is 2.67 bits per heavy atom. The molecule has 0 aliphatic heterocycles. The predicted molar refractivity (Wildman–Crippen MR) is 46.9 cm³/mol. The first-order valence-corrected chi connectivity index (χ1v) is 4.21. The van der Waals surface area contributed by atoms with E-state index in [1.165, 1.54) is 0 Å². The first-order valence-electron chi connectivity index (χ1n) is 2.34. The number of rotatable bonds is 1. The molecule has 0 aromatic carbocycles. The second-order valence-corrected chi connectivity index (χ2v) is 3.34. The lowest BCUT2D eigenvalue weighted by Crippen LogP contribution is -1.97. The van der Waals surface area contributed by atoms with Crippen LogP contribution in [0.25, 0.3) is 0 Å². The summed E-state index contributed by atoms with van der Waals surface area (Å²) in [6.45, 7) is 0.511. The van der Waals surface area contributed by atoms with Crippen molar-refractivity contribution in [3.05, 3.63) is 13.9 Å². The lowest BCUT2D eigenvalue weighted by molar-refractivity contribution is 0.940. The van der Waals surface area contributed by atoms with Gasteiger partial charge in [0.05, 0.1) is 9.26 Å². The number of H-pyrrole nitrogens is 1. The van der Waals surface area contributed by atoms with Gasteiger partial charge in [-0.05, 0) is 38.5 Å². The number of aromatic amines is 1. The first-order chi connectivity index (χ1) is 4.25. The molecule has 0 amide bonds. The number of nitrogens with one attached hydrogen (secondary N) is 1. The van der Waals surface area contributed by atoms with Crippen molar-refractivity contribution in [3.8, 4) is 0 Å². The maximum atomic E-state index is 5.37. The summed E-state index contributed by atoms with van der Waals surface area (Å²) in [7, 11) is 0. The number of nitrogens with two attached hydrogens (primary N) is 1. The molecular weight excluding hydrogens is 297 g/mol. The molecule has 0 fully saturated rings. The van der Waals surface area contributed by atoms with Crippen LogP contribution in [-0.2, 0) is 6.54 Å². The zero-order valence-electron chi connectivity index (χ0n) is 4.49. The van der Waals surface area contributed by atoms with E-state index in [4.69, 9.17) is 5.73 Å². The Morgan fingerprint density at radius 1 is 1.78 bits per heavy atom. The van der Waals surface area contributed by atoms with Crippen LogP contribution in [-0.4, -0.2) is 10.2 Å². The normalized spacial score (nSPS) is 10.1. The Balaban J connectivity index is 3.04. The second kappa shape index (κ2) is 2.98. The average molecular weight is 302 g/mol. The summed E-state index contributed by atoms with van der Waals surface area (Å²) in [5.74, 6) is 0. The molecular formula is C4H5BrIN3. The monoisotopic (exact) mass is 301 g/mol. The maximum Gasteiger partial charge on any atom is 0.141 e. The van der Waals surface area contributed by atoms with Crippen molar-refractivity contribution in [1.29, 1.82) is 0 Å². The third-order valence-corrected chi connectivity index (χ3v) is 3.42. The van der Waals surface area contributed by atoms with E-state index in [1.807, 2.05) is 0 Å². The number of hydrogen-bond donors (Lipinski definition) is 2. The van der Waals surface area contributed by atoms with Crippen LogP contribution in [0.2, 0.25) is 0 Å². The molecule has 9 heavy (non-hydrogen) atoms. The SMILES string of the molecule is NCc1[nH]nc(Br)c1I. The standard InChI is InChI=1S/C4H5BrIN3/c5-4-3(6)2(1-7)8-9-4/h1,7H2,(H,8,9). The summed E-state index contributed by atoms with van der Waals surface area (Å²) in [6.07, 6.45) is 0. The Kier molecular flexibility index (Phi) is 2.48.